The van der Waals surface area contributed by atoms with Crippen molar-refractivity contribution in [1.29, 1.82) is 0 Å². The Hall–Kier alpha value is -1.11. The van der Waals surface area contributed by atoms with Crippen LogP contribution in [0.4, 0.5) is 0 Å². The molecule has 2 rings (SSSR count). The molecule has 1 aliphatic carbocycles. The Bertz CT molecular complexity index is 653. The Kier molecular flexibility index (Phi) is 5.14. The molecule has 1 saturated carbocycles. The first-order valence-corrected chi connectivity index (χ1v) is 9.21. The van der Waals surface area contributed by atoms with Gasteiger partial charge >= 0.3 is 0 Å². The number of nitrogens with one attached hydrogen (secondary N) is 1. The molecule has 122 valence electrons. The highest BCUT2D eigenvalue weighted by Gasteiger charge is 2.38. The molecule has 7 heteroatoms. The molecule has 0 saturated heterocycles. The lowest BCUT2D eigenvalue weighted by Crippen LogP contribution is -2.47. The first-order chi connectivity index (χ1) is 10.3. The van der Waals surface area contributed by atoms with Crippen LogP contribution in [0, 0.1) is 0 Å². The number of carbonyl (C=O) groups is 1. The van der Waals surface area contributed by atoms with Gasteiger partial charge in [-0.05, 0) is 30.5 Å². The number of hydrogen-bond donors (Lipinski definition) is 1. The molecule has 1 aliphatic rings. The van der Waals surface area contributed by atoms with E-state index < -0.39 is 27.2 Å². The number of hydrogen-bond acceptors (Lipinski definition) is 3. The van der Waals surface area contributed by atoms with Crippen molar-refractivity contribution in [3.05, 3.63) is 34.9 Å². The van der Waals surface area contributed by atoms with Crippen molar-refractivity contribution in [2.24, 2.45) is 0 Å². The summed E-state index contributed by atoms with van der Waals surface area (Å²) in [4.78, 5) is 12.2. The van der Waals surface area contributed by atoms with Gasteiger partial charge < -0.3 is 5.32 Å². The lowest BCUT2D eigenvalue weighted by molar-refractivity contribution is -0.120. The molecule has 0 heterocycles. The van der Waals surface area contributed by atoms with Crippen molar-refractivity contribution >= 4 is 27.5 Å². The summed E-state index contributed by atoms with van der Waals surface area (Å²) in [6, 6.07) is 7.40. The van der Waals surface area contributed by atoms with Crippen LogP contribution in [-0.2, 0) is 20.4 Å². The number of carbonyl (C=O) groups excluding carboxylic acids is 1. The monoisotopic (exact) mass is 344 g/mol. The molecule has 0 aliphatic heterocycles. The minimum absolute atomic E-state index is 0.476. The van der Waals surface area contributed by atoms with Crippen LogP contribution in [0.3, 0.4) is 0 Å². The van der Waals surface area contributed by atoms with Gasteiger partial charge in [-0.15, -0.1) is 0 Å². The Morgan fingerprint density at radius 3 is 2.50 bits per heavy atom. The molecular formula is C15H21ClN2O3S. The number of amides is 1. The summed E-state index contributed by atoms with van der Waals surface area (Å²) in [6.45, 7) is 0. The van der Waals surface area contributed by atoms with Gasteiger partial charge in [0.2, 0.25) is 15.9 Å². The normalized spacial score (nSPS) is 17.6. The van der Waals surface area contributed by atoms with Gasteiger partial charge in [0.25, 0.3) is 0 Å². The maximum Gasteiger partial charge on any atom is 0.237 e. The summed E-state index contributed by atoms with van der Waals surface area (Å²) in [6.07, 6.45) is 3.57. The van der Waals surface area contributed by atoms with Crippen LogP contribution in [0.1, 0.15) is 31.2 Å². The van der Waals surface area contributed by atoms with Gasteiger partial charge in [0.1, 0.15) is 5.75 Å². The van der Waals surface area contributed by atoms with E-state index in [1.807, 2.05) is 18.2 Å². The molecule has 5 nitrogen and oxygen atoms in total. The van der Waals surface area contributed by atoms with Crippen LogP contribution in [-0.4, -0.2) is 38.5 Å². The number of benzene rings is 1. The van der Waals surface area contributed by atoms with Crippen LogP contribution in [0.15, 0.2) is 24.3 Å². The van der Waals surface area contributed by atoms with Crippen molar-refractivity contribution in [2.45, 2.75) is 31.2 Å². The summed E-state index contributed by atoms with van der Waals surface area (Å²) >= 11 is 6.05. The quantitative estimate of drug-likeness (QED) is 0.889. The van der Waals surface area contributed by atoms with Gasteiger partial charge in [0, 0.05) is 19.1 Å². The van der Waals surface area contributed by atoms with E-state index >= 15 is 0 Å². The number of halogens is 1. The fraction of sp³-hybridized carbons (Fsp3) is 0.533. The van der Waals surface area contributed by atoms with Gasteiger partial charge in [-0.1, -0.05) is 36.6 Å². The van der Waals surface area contributed by atoms with Crippen LogP contribution in [0.5, 0.6) is 0 Å². The maximum absolute atomic E-state index is 12.2. The molecule has 1 aromatic carbocycles. The average Bonchev–Trinajstić information content (AvgIpc) is 2.87. The zero-order chi connectivity index (χ0) is 16.4. The van der Waals surface area contributed by atoms with E-state index in [4.69, 9.17) is 11.6 Å². The van der Waals surface area contributed by atoms with E-state index in [0.29, 0.717) is 5.02 Å². The number of rotatable bonds is 5. The van der Waals surface area contributed by atoms with Gasteiger partial charge in [-0.25, -0.2) is 12.7 Å². The van der Waals surface area contributed by atoms with Gasteiger partial charge in [0.05, 0.1) is 5.54 Å². The highest BCUT2D eigenvalue weighted by Crippen LogP contribution is 2.39. The molecule has 0 spiro atoms. The molecule has 0 unspecified atom stereocenters. The van der Waals surface area contributed by atoms with E-state index in [-0.39, 0.29) is 0 Å². The lowest BCUT2D eigenvalue weighted by Gasteiger charge is -2.31. The Morgan fingerprint density at radius 2 is 1.95 bits per heavy atom. The van der Waals surface area contributed by atoms with Gasteiger partial charge in [-0.2, -0.15) is 0 Å². The van der Waals surface area contributed by atoms with Gasteiger partial charge in [0.15, 0.2) is 0 Å². The molecule has 0 aromatic heterocycles. The lowest BCUT2D eigenvalue weighted by atomic mass is 9.88. The summed E-state index contributed by atoms with van der Waals surface area (Å²) in [5.74, 6) is -1.02. The van der Waals surface area contributed by atoms with Crippen molar-refractivity contribution in [3.8, 4) is 0 Å². The second-order valence-electron chi connectivity index (χ2n) is 5.89. The third kappa shape index (κ3) is 3.80. The largest absolute Gasteiger partial charge is 0.346 e. The highest BCUT2D eigenvalue weighted by molar-refractivity contribution is 7.89. The average molecular weight is 345 g/mol. The molecule has 1 N–H and O–H groups in total. The predicted octanol–water partition coefficient (Wildman–Crippen LogP) is 2.12. The summed E-state index contributed by atoms with van der Waals surface area (Å²) in [5.41, 5.74) is 0.428. The smallest absolute Gasteiger partial charge is 0.237 e. The second kappa shape index (κ2) is 6.56. The molecule has 1 amide bonds. The maximum atomic E-state index is 12.2. The number of nitrogens with zero attached hydrogens (tertiary/aromatic N) is 1. The van der Waals surface area contributed by atoms with E-state index in [1.165, 1.54) is 14.1 Å². The van der Waals surface area contributed by atoms with Gasteiger partial charge in [-0.3, -0.25) is 4.79 Å². The van der Waals surface area contributed by atoms with Crippen molar-refractivity contribution < 1.29 is 13.2 Å². The zero-order valence-corrected chi connectivity index (χ0v) is 14.4. The van der Waals surface area contributed by atoms with Crippen LogP contribution >= 0.6 is 11.6 Å². The minimum Gasteiger partial charge on any atom is -0.346 e. The Morgan fingerprint density at radius 1 is 1.32 bits per heavy atom. The van der Waals surface area contributed by atoms with Crippen LogP contribution in [0.2, 0.25) is 5.02 Å². The summed E-state index contributed by atoms with van der Waals surface area (Å²) in [7, 11) is -0.718. The molecule has 0 atom stereocenters. The van der Waals surface area contributed by atoms with Crippen molar-refractivity contribution in [2.75, 3.05) is 19.8 Å². The summed E-state index contributed by atoms with van der Waals surface area (Å²) < 4.78 is 24.8. The molecule has 1 fully saturated rings. The fourth-order valence-electron chi connectivity index (χ4n) is 2.85. The third-order valence-corrected chi connectivity index (χ3v) is 6.06. The van der Waals surface area contributed by atoms with Crippen LogP contribution in [0.25, 0.3) is 0 Å². The van der Waals surface area contributed by atoms with E-state index in [2.05, 4.69) is 5.32 Å². The summed E-state index contributed by atoms with van der Waals surface area (Å²) in [5, 5.41) is 3.55. The molecule has 22 heavy (non-hydrogen) atoms. The Balaban J connectivity index is 2.21. The second-order valence-corrected chi connectivity index (χ2v) is 8.51. The van der Waals surface area contributed by atoms with E-state index in [9.17, 15) is 13.2 Å². The molecule has 0 radical (unpaired) electrons. The molecule has 0 bridgehead atoms. The zero-order valence-electron chi connectivity index (χ0n) is 12.8. The third-order valence-electron chi connectivity index (χ3n) is 4.08. The first-order valence-electron chi connectivity index (χ1n) is 7.22. The van der Waals surface area contributed by atoms with E-state index in [0.717, 1.165) is 35.6 Å². The van der Waals surface area contributed by atoms with Crippen LogP contribution < -0.4 is 5.32 Å². The van der Waals surface area contributed by atoms with E-state index in [1.54, 1.807) is 6.07 Å². The van der Waals surface area contributed by atoms with Crippen molar-refractivity contribution in [1.82, 2.24) is 9.62 Å². The fourth-order valence-corrected chi connectivity index (χ4v) is 3.70. The van der Waals surface area contributed by atoms with Crippen molar-refractivity contribution in [3.63, 3.8) is 0 Å². The predicted molar refractivity (Wildman–Crippen MR) is 87.2 cm³/mol. The SMILES string of the molecule is CN(C)S(=O)(=O)CC(=O)NC1(c2cccc(Cl)c2)CCCC1. The molecule has 1 aromatic rings. The highest BCUT2D eigenvalue weighted by atomic mass is 35.5. The Labute approximate surface area is 136 Å². The first kappa shape index (κ1) is 17.2. The number of sulfonamides is 1. The molecular weight excluding hydrogens is 324 g/mol. The topological polar surface area (TPSA) is 66.5 Å². The standard InChI is InChI=1S/C15H21ClN2O3S/c1-18(2)22(20,21)11-14(19)17-15(8-3-4-9-15)12-6-5-7-13(16)10-12/h5-7,10H,3-4,8-9,11H2,1-2H3,(H,17,19). The minimum atomic E-state index is -3.56.